The third-order valence-electron chi connectivity index (χ3n) is 7.32. The highest BCUT2D eigenvalue weighted by atomic mass is 35.5. The first kappa shape index (κ1) is 34.5. The number of aromatic nitrogens is 2. The number of nitrogens with zero attached hydrogens (tertiary/aromatic N) is 2. The summed E-state index contributed by atoms with van der Waals surface area (Å²) in [5.74, 6) is 1.02. The Balaban J connectivity index is 1.63. The Labute approximate surface area is 271 Å². The second-order valence-corrected chi connectivity index (χ2v) is 15.7. The van der Waals surface area contributed by atoms with E-state index in [1.807, 2.05) is 53.7 Å². The molecule has 0 saturated carbocycles. The Kier molecular flexibility index (Phi) is 10.7. The highest BCUT2D eigenvalue weighted by Crippen LogP contribution is 2.39. The summed E-state index contributed by atoms with van der Waals surface area (Å²) in [4.78, 5) is 21.9. The van der Waals surface area contributed by atoms with Gasteiger partial charge in [0.25, 0.3) is 0 Å². The topological polar surface area (TPSA) is 132 Å². The predicted octanol–water partition coefficient (Wildman–Crippen LogP) is 7.07. The number of esters is 1. The summed E-state index contributed by atoms with van der Waals surface area (Å²) in [5, 5.41) is 9.30. The van der Waals surface area contributed by atoms with Crippen molar-refractivity contribution in [3.63, 3.8) is 0 Å². The van der Waals surface area contributed by atoms with Crippen molar-refractivity contribution in [3.05, 3.63) is 58.7 Å². The van der Waals surface area contributed by atoms with Gasteiger partial charge in [0.15, 0.2) is 15.7 Å². The zero-order chi connectivity index (χ0) is 33.1. The van der Waals surface area contributed by atoms with Crippen LogP contribution in [0, 0.1) is 6.92 Å². The molecule has 0 spiro atoms. The minimum Gasteiger partial charge on any atom is -0.489 e. The lowest BCUT2D eigenvalue weighted by molar-refractivity contribution is -0.158. The number of anilines is 4. The zero-order valence-corrected chi connectivity index (χ0v) is 28.8. The first-order valence-electron chi connectivity index (χ1n) is 15.2. The van der Waals surface area contributed by atoms with Crippen LogP contribution < -0.4 is 20.7 Å². The molecule has 1 aliphatic rings. The van der Waals surface area contributed by atoms with Gasteiger partial charge in [-0.3, -0.25) is 4.79 Å². The summed E-state index contributed by atoms with van der Waals surface area (Å²) in [7, 11) is -3.56. The average Bonchev–Trinajstić information content (AvgIpc) is 2.95. The number of piperidine rings is 1. The summed E-state index contributed by atoms with van der Waals surface area (Å²) >= 11 is 6.45. The molecule has 0 bridgehead atoms. The summed E-state index contributed by atoms with van der Waals surface area (Å²) in [6.45, 7) is 15.5. The van der Waals surface area contributed by atoms with Crippen LogP contribution in [-0.4, -0.2) is 53.9 Å². The minimum atomic E-state index is -3.56. The SMILES string of the molecule is Cc1cc(Nc2ncc(Cl)c(Nc3ccccc3S(=O)(=O)C(C)C)n2)c(OC(C)C)cc1C1CCNC(C(=O)OC(C)(C)C)C1. The molecule has 3 aromatic rings. The summed E-state index contributed by atoms with van der Waals surface area (Å²) < 4.78 is 37.8. The maximum Gasteiger partial charge on any atom is 0.323 e. The molecule has 1 aromatic heterocycles. The summed E-state index contributed by atoms with van der Waals surface area (Å²) in [6, 6.07) is 10.3. The first-order valence-corrected chi connectivity index (χ1v) is 17.1. The number of benzene rings is 2. The van der Waals surface area contributed by atoms with E-state index in [0.717, 1.165) is 17.5 Å². The molecular weight excluding hydrogens is 614 g/mol. The van der Waals surface area contributed by atoms with Gasteiger partial charge >= 0.3 is 5.97 Å². The Bertz CT molecular complexity index is 1640. The van der Waals surface area contributed by atoms with Crippen LogP contribution in [0.25, 0.3) is 0 Å². The number of para-hydroxylation sites is 1. The highest BCUT2D eigenvalue weighted by Gasteiger charge is 2.32. The fourth-order valence-corrected chi connectivity index (χ4v) is 6.52. The van der Waals surface area contributed by atoms with Gasteiger partial charge in [0.1, 0.15) is 22.4 Å². The molecule has 4 rings (SSSR count). The maximum atomic E-state index is 13.0. The molecule has 0 radical (unpaired) electrons. The molecule has 3 N–H and O–H groups in total. The van der Waals surface area contributed by atoms with Crippen LogP contribution in [0.15, 0.2) is 47.5 Å². The van der Waals surface area contributed by atoms with Crippen molar-refractivity contribution < 1.29 is 22.7 Å². The number of sulfone groups is 1. The van der Waals surface area contributed by atoms with Gasteiger partial charge in [-0.05, 0) is 116 Å². The molecular formula is C33H44ClN5O5S. The molecule has 2 heterocycles. The number of hydrogen-bond acceptors (Lipinski definition) is 10. The largest absolute Gasteiger partial charge is 0.489 e. The standard InChI is InChI=1S/C33H44ClN5O5S/c1-19(2)43-28-17-23(22-13-14-35-27(16-22)31(40)44-33(6,7)8)21(5)15-26(28)38-32-36-18-24(34)30(39-32)37-25-11-9-10-12-29(25)45(41,42)20(3)4/h9-12,15,17-20,22,27,35H,13-14,16H2,1-8H3,(H2,36,37,38,39). The number of nitrogens with one attached hydrogen (secondary N) is 3. The van der Waals surface area contributed by atoms with Crippen LogP contribution in [0.4, 0.5) is 23.1 Å². The predicted molar refractivity (Wildman–Crippen MR) is 179 cm³/mol. The molecule has 1 aliphatic heterocycles. The van der Waals surface area contributed by atoms with Gasteiger partial charge in [0.05, 0.1) is 33.8 Å². The van der Waals surface area contributed by atoms with Crippen LogP contribution >= 0.6 is 11.6 Å². The van der Waals surface area contributed by atoms with E-state index in [1.165, 1.54) is 6.20 Å². The molecule has 10 nitrogen and oxygen atoms in total. The van der Waals surface area contributed by atoms with E-state index in [2.05, 4.69) is 25.9 Å². The van der Waals surface area contributed by atoms with E-state index in [9.17, 15) is 13.2 Å². The Morgan fingerprint density at radius 3 is 2.47 bits per heavy atom. The normalized spacial score (nSPS) is 17.3. The first-order chi connectivity index (χ1) is 21.0. The lowest BCUT2D eigenvalue weighted by atomic mass is 9.84. The number of rotatable bonds is 10. The maximum absolute atomic E-state index is 13.0. The van der Waals surface area contributed by atoms with Gasteiger partial charge in [0.2, 0.25) is 5.95 Å². The van der Waals surface area contributed by atoms with Gasteiger partial charge in [-0.15, -0.1) is 0 Å². The fraction of sp³-hybridized carbons (Fsp3) is 0.485. The molecule has 0 amide bonds. The van der Waals surface area contributed by atoms with Crippen molar-refractivity contribution in [1.29, 1.82) is 0 Å². The Hall–Kier alpha value is -3.41. The van der Waals surface area contributed by atoms with Crippen LogP contribution in [0.3, 0.4) is 0 Å². The number of ether oxygens (including phenoxy) is 2. The van der Waals surface area contributed by atoms with Crippen LogP contribution in [0.2, 0.25) is 5.02 Å². The van der Waals surface area contributed by atoms with Crippen molar-refractivity contribution >= 4 is 50.5 Å². The van der Waals surface area contributed by atoms with E-state index in [0.29, 0.717) is 30.1 Å². The minimum absolute atomic E-state index is 0.105. The molecule has 244 valence electrons. The third kappa shape index (κ3) is 8.65. The molecule has 45 heavy (non-hydrogen) atoms. The summed E-state index contributed by atoms with van der Waals surface area (Å²) in [6.07, 6.45) is 2.84. The molecule has 2 aromatic carbocycles. The Morgan fingerprint density at radius 2 is 1.80 bits per heavy atom. The van der Waals surface area contributed by atoms with Crippen molar-refractivity contribution in [2.75, 3.05) is 17.2 Å². The lowest BCUT2D eigenvalue weighted by Gasteiger charge is -2.32. The van der Waals surface area contributed by atoms with E-state index in [4.69, 9.17) is 21.1 Å². The quantitative estimate of drug-likeness (QED) is 0.195. The molecule has 0 aliphatic carbocycles. The molecule has 2 unspecified atom stereocenters. The smallest absolute Gasteiger partial charge is 0.323 e. The monoisotopic (exact) mass is 657 g/mol. The second-order valence-electron chi connectivity index (χ2n) is 12.9. The lowest BCUT2D eigenvalue weighted by Crippen LogP contribution is -2.45. The highest BCUT2D eigenvalue weighted by molar-refractivity contribution is 7.92. The van der Waals surface area contributed by atoms with Gasteiger partial charge in [0, 0.05) is 0 Å². The number of carbonyl (C=O) groups is 1. The van der Waals surface area contributed by atoms with Crippen molar-refractivity contribution in [2.45, 2.75) is 102 Å². The molecule has 1 fully saturated rings. The van der Waals surface area contributed by atoms with Crippen LogP contribution in [0.1, 0.15) is 78.4 Å². The van der Waals surface area contributed by atoms with Gasteiger partial charge in [-0.2, -0.15) is 4.98 Å². The number of halogens is 1. The summed E-state index contributed by atoms with van der Waals surface area (Å²) in [5.41, 5.74) is 2.62. The molecule has 1 saturated heterocycles. The van der Waals surface area contributed by atoms with E-state index >= 15 is 0 Å². The van der Waals surface area contributed by atoms with Crippen molar-refractivity contribution in [1.82, 2.24) is 15.3 Å². The number of carbonyl (C=O) groups excluding carboxylic acids is 1. The van der Waals surface area contributed by atoms with Crippen LogP contribution in [0.5, 0.6) is 5.75 Å². The van der Waals surface area contributed by atoms with Crippen molar-refractivity contribution in [2.24, 2.45) is 0 Å². The molecule has 2 atom stereocenters. The van der Waals surface area contributed by atoms with E-state index in [-0.39, 0.29) is 45.7 Å². The number of hydrogen-bond donors (Lipinski definition) is 3. The zero-order valence-electron chi connectivity index (χ0n) is 27.2. The van der Waals surface area contributed by atoms with Crippen LogP contribution in [-0.2, 0) is 19.4 Å². The Morgan fingerprint density at radius 1 is 1.09 bits per heavy atom. The molecule has 12 heteroatoms. The number of aryl methyl sites for hydroxylation is 1. The van der Waals surface area contributed by atoms with Gasteiger partial charge in [-0.25, -0.2) is 13.4 Å². The van der Waals surface area contributed by atoms with E-state index in [1.54, 1.807) is 38.1 Å². The second kappa shape index (κ2) is 13.9. The van der Waals surface area contributed by atoms with Crippen molar-refractivity contribution in [3.8, 4) is 5.75 Å². The third-order valence-corrected chi connectivity index (χ3v) is 9.81. The average molecular weight is 658 g/mol. The van der Waals surface area contributed by atoms with Gasteiger partial charge < -0.3 is 25.4 Å². The van der Waals surface area contributed by atoms with E-state index < -0.39 is 20.7 Å². The fourth-order valence-electron chi connectivity index (χ4n) is 5.18. The van der Waals surface area contributed by atoms with Gasteiger partial charge in [-0.1, -0.05) is 23.7 Å².